The topological polar surface area (TPSA) is 224 Å². The summed E-state index contributed by atoms with van der Waals surface area (Å²) in [6.07, 6.45) is -4.85. The number of anilines is 5. The Morgan fingerprint density at radius 2 is 0.900 bits per heavy atom. The van der Waals surface area contributed by atoms with Crippen LogP contribution in [-0.2, 0) is 32.0 Å². The monoisotopic (exact) mass is 1270 g/mol. The molecule has 0 aliphatic rings. The Balaban J connectivity index is 0.000000768. The molecule has 17 nitrogen and oxygen atoms in total. The molecule has 0 bridgehead atoms. The number of carbonyl (C=O) groups is 2. The number of pyridine rings is 2. The summed E-state index contributed by atoms with van der Waals surface area (Å²) in [5, 5.41) is 15.8. The Labute approximate surface area is 630 Å². The van der Waals surface area contributed by atoms with Crippen LogP contribution in [0.15, 0.2) is 91.8 Å². The van der Waals surface area contributed by atoms with Gasteiger partial charge in [0.25, 0.3) is 5.91 Å². The van der Waals surface area contributed by atoms with Crippen molar-refractivity contribution >= 4 is 317 Å². The molecular weight excluding hydrogens is 1200 g/mol. The molecule has 0 fully saturated rings. The fraction of sp³-hybridized carbons (Fsp3) is 0.400. The van der Waals surface area contributed by atoms with E-state index in [1.54, 1.807) is 55.2 Å². The first-order chi connectivity index (χ1) is 46.7. The van der Waals surface area contributed by atoms with Gasteiger partial charge >= 0.3 is 12.1 Å². The number of carbonyl (C=O) groups excluding carboxylic acids is 4. The molecule has 100 heavy (non-hydrogen) atoms. The highest BCUT2D eigenvalue weighted by molar-refractivity contribution is 8.31. The molecule has 0 saturated carbocycles. The number of amides is 1. The molecule has 5 N–H and O–H groups in total. The first kappa shape index (κ1) is 93.5. The second-order valence-corrected chi connectivity index (χ2v) is 24.6. The van der Waals surface area contributed by atoms with Gasteiger partial charge in [0.2, 0.25) is 11.9 Å². The third-order valence-electron chi connectivity index (χ3n) is 15.5. The van der Waals surface area contributed by atoms with Crippen molar-refractivity contribution in [2.24, 2.45) is 0 Å². The van der Waals surface area contributed by atoms with Gasteiger partial charge in [0.15, 0.2) is 0 Å². The first-order valence-electron chi connectivity index (χ1n) is 32.6. The van der Waals surface area contributed by atoms with E-state index >= 15 is 0 Å². The van der Waals surface area contributed by atoms with Crippen LogP contribution in [0.4, 0.5) is 29.2 Å². The van der Waals surface area contributed by atoms with Crippen molar-refractivity contribution in [1.82, 2.24) is 29.9 Å². The van der Waals surface area contributed by atoms with E-state index in [0.717, 1.165) is 50.2 Å². The highest BCUT2D eigenvalue weighted by Crippen LogP contribution is 2.23. The minimum Gasteiger partial charge on any atom is -0.494 e. The van der Waals surface area contributed by atoms with Gasteiger partial charge in [-0.05, 0) is 106 Å². The van der Waals surface area contributed by atoms with Crippen LogP contribution in [0.3, 0.4) is 0 Å². The van der Waals surface area contributed by atoms with Crippen molar-refractivity contribution in [2.45, 2.75) is 86.2 Å². The third-order valence-corrected chi connectivity index (χ3v) is 15.5. The Morgan fingerprint density at radius 1 is 0.500 bits per heavy atom. The number of rotatable bonds is 38. The molecule has 0 spiro atoms. The van der Waals surface area contributed by atoms with Crippen molar-refractivity contribution in [1.29, 1.82) is 0 Å². The van der Waals surface area contributed by atoms with Crippen molar-refractivity contribution in [2.75, 3.05) is 59.4 Å². The molecule has 4 heterocycles. The molecule has 40 radical (unpaired) electrons. The number of nitrogens with one attached hydrogen (secondary N) is 5. The highest BCUT2D eigenvalue weighted by atomic mass is 16.6. The maximum absolute atomic E-state index is 13.1. The maximum atomic E-state index is 13.1. The number of aromatic nitrogens is 6. The quantitative estimate of drug-likeness (QED) is 0.0141. The summed E-state index contributed by atoms with van der Waals surface area (Å²) >= 11 is 0. The van der Waals surface area contributed by atoms with Crippen molar-refractivity contribution in [3.8, 4) is 5.75 Å². The summed E-state index contributed by atoms with van der Waals surface area (Å²) in [6.45, 7) is 13.1. The van der Waals surface area contributed by atoms with Gasteiger partial charge in [-0.1, -0.05) is 27.3 Å². The molecular formula is C45H61B38N11O6. The molecule has 55 heteroatoms. The van der Waals surface area contributed by atoms with Gasteiger partial charge in [-0.25, -0.2) is 9.97 Å². The van der Waals surface area contributed by atoms with Gasteiger partial charge in [0.05, 0.1) is 6.61 Å². The summed E-state index contributed by atoms with van der Waals surface area (Å²) in [4.78, 5) is 66.7. The summed E-state index contributed by atoms with van der Waals surface area (Å²) in [5.74, 6) is 2.44. The largest absolute Gasteiger partial charge is 0.494 e. The molecule has 0 aliphatic carbocycles. The summed E-state index contributed by atoms with van der Waals surface area (Å²) < 4.78 is 11.1. The fourth-order valence-corrected chi connectivity index (χ4v) is 11.4. The van der Waals surface area contributed by atoms with Gasteiger partial charge in [-0.3, -0.25) is 19.6 Å². The average molecular weight is 1260 g/mol. The standard InChI is InChI=1S/C29H38N6O4.C14H19N5.CO2.CH4.B38/c1-5-14-31-26-24(20-33-28(35-26)32-17-13-21-11-15-30-16-12-21)27(37)34-22-8-6-9-23(19-22)38-18-7-10-25(36)39-29(2,3)4;1-2-7-16-13-6-11-18-14(19-13)17-10-5-12-3-8-15-9-4-12;2-1-3;;1-21(2)31(22(3)4)36(32(23(5)6)24(7)8)38(35(29(17)18)30(19)20)37(33(25(9)10)26(11)12)34(27(13)14)28(15)16/h6,8-9,11-12,15-16,19-20H,5,7,10,13-14,17-18H2,1-4H3,(H,34,37)(H2,31,32,33,35);3-4,6,8-9,11H,2,5,7,10H2,1H3,(H2,16,17,18,19);;1H4;. The van der Waals surface area contributed by atoms with Crippen LogP contribution >= 0.6 is 0 Å². The SMILES string of the molecule is C.CCCNc1ccnc(NCCc2ccncc2)n1.CCCNc1nc(NCCc2ccncc2)ncc1C(=O)Nc1cccc(OCCCC(=O)OC(C)(C)C)c1.O=C=O.[B]B([B])B(B([B])[B])B(B(B([B])[B])B([B])[B])B(B(B([B])[B])B([B])[B])B(B(B([B])[B])B([B])[B])B(B([B])[B])B([B])[B]. The predicted molar refractivity (Wildman–Crippen MR) is 460 cm³/mol. The summed E-state index contributed by atoms with van der Waals surface area (Å²) in [6, 6.07) is 16.9. The molecule has 4 aromatic heterocycles. The minimum atomic E-state index is -1.20. The van der Waals surface area contributed by atoms with E-state index in [2.05, 4.69) is 63.4 Å². The highest BCUT2D eigenvalue weighted by Gasteiger charge is 2.56. The van der Waals surface area contributed by atoms with E-state index < -0.39 is 121 Å². The van der Waals surface area contributed by atoms with Crippen LogP contribution in [0.2, 0.25) is 0 Å². The third kappa shape index (κ3) is 34.4. The van der Waals surface area contributed by atoms with E-state index in [1.165, 1.54) is 11.8 Å². The number of esters is 1. The lowest BCUT2D eigenvalue weighted by Crippen LogP contribution is -2.92. The fourth-order valence-electron chi connectivity index (χ4n) is 11.4. The molecule has 0 saturated heterocycles. The van der Waals surface area contributed by atoms with Gasteiger partial charge in [-0.2, -0.15) is 19.6 Å². The van der Waals surface area contributed by atoms with E-state index in [1.807, 2.05) is 58.0 Å². The number of nitrogens with zero attached hydrogens (tertiary/aromatic N) is 6. The average Bonchev–Trinajstić information content (AvgIpc) is 0.751. The van der Waals surface area contributed by atoms with E-state index in [9.17, 15) is 9.59 Å². The molecule has 1 aromatic carbocycles. The zero-order valence-corrected chi connectivity index (χ0v) is 57.5. The lowest BCUT2D eigenvalue weighted by Gasteiger charge is -2.53. The van der Waals surface area contributed by atoms with Crippen LogP contribution in [0.5, 0.6) is 5.75 Å². The molecule has 5 aromatic rings. The van der Waals surface area contributed by atoms with E-state index in [-0.39, 0.29) is 31.9 Å². The molecule has 1 amide bonds. The Bertz CT molecular complexity index is 2970. The van der Waals surface area contributed by atoms with E-state index in [0.29, 0.717) is 60.8 Å². The van der Waals surface area contributed by atoms with Crippen LogP contribution < -0.4 is 31.3 Å². The maximum Gasteiger partial charge on any atom is 0.373 e. The smallest absolute Gasteiger partial charge is 0.373 e. The number of benzene rings is 1. The zero-order valence-electron chi connectivity index (χ0n) is 57.5. The Morgan fingerprint density at radius 3 is 1.30 bits per heavy atom. The number of ether oxygens (including phenoxy) is 2. The summed E-state index contributed by atoms with van der Waals surface area (Å²) in [7, 11) is 124. The predicted octanol–water partition coefficient (Wildman–Crippen LogP) is -6.97. The second kappa shape index (κ2) is 50.0. The molecule has 5 rings (SSSR count). The van der Waals surface area contributed by atoms with Gasteiger partial charge in [-0.15, -0.1) is 0 Å². The lowest BCUT2D eigenvalue weighted by atomic mass is 8.28. The zero-order chi connectivity index (χ0) is 74.5. The molecule has 446 valence electrons. The lowest BCUT2D eigenvalue weighted by molar-refractivity contribution is -0.191. The van der Waals surface area contributed by atoms with Crippen LogP contribution in [0.1, 0.15) is 89.2 Å². The Kier molecular flexibility index (Phi) is 46.7. The second-order valence-electron chi connectivity index (χ2n) is 24.6. The molecule has 0 aliphatic heterocycles. The van der Waals surface area contributed by atoms with Gasteiger partial charge in [0.1, 0.15) is 28.5 Å². The minimum absolute atomic E-state index is 0. The van der Waals surface area contributed by atoms with Crippen LogP contribution in [0, 0.1) is 0 Å². The normalized spacial score (nSPS) is 9.93. The molecule has 0 unspecified atom stereocenters. The van der Waals surface area contributed by atoms with Crippen LogP contribution in [0.25, 0.3) is 0 Å². The Hall–Kier alpha value is -4.53. The number of hydrogen-bond acceptors (Lipinski definition) is 16. The van der Waals surface area contributed by atoms with Gasteiger partial charge < -0.3 is 36.1 Å². The van der Waals surface area contributed by atoms with Crippen molar-refractivity contribution < 1.29 is 28.7 Å². The molecule has 0 atom stereocenters. The van der Waals surface area contributed by atoms with Crippen molar-refractivity contribution in [3.05, 3.63) is 108 Å². The van der Waals surface area contributed by atoms with Crippen LogP contribution in [-0.4, -0.2) is 356 Å². The van der Waals surface area contributed by atoms with Crippen molar-refractivity contribution in [3.63, 3.8) is 0 Å². The van der Waals surface area contributed by atoms with E-state index in [4.69, 9.17) is 174 Å². The first-order valence-corrected chi connectivity index (χ1v) is 32.6. The van der Waals surface area contributed by atoms with Gasteiger partial charge in [0, 0.05) is 351 Å². The summed E-state index contributed by atoms with van der Waals surface area (Å²) in [5.41, 5.74) is 2.82. The number of hydrogen-bond donors (Lipinski definition) is 5.